The van der Waals surface area contributed by atoms with Crippen molar-refractivity contribution in [3.05, 3.63) is 29.8 Å². The van der Waals surface area contributed by atoms with Gasteiger partial charge in [0, 0.05) is 0 Å². The van der Waals surface area contributed by atoms with Gasteiger partial charge >= 0.3 is 0 Å². The molecule has 0 heterocycles. The summed E-state index contributed by atoms with van der Waals surface area (Å²) in [7, 11) is 1.55. The lowest BCUT2D eigenvalue weighted by Crippen LogP contribution is -2.04. The predicted molar refractivity (Wildman–Crippen MR) is 66.0 cm³/mol. The minimum absolute atomic E-state index is 0.538. The molecule has 0 unspecified atom stereocenters. The van der Waals surface area contributed by atoms with Gasteiger partial charge in [-0.15, -0.1) is 0 Å². The summed E-state index contributed by atoms with van der Waals surface area (Å²) in [5.41, 5.74) is 1.90. The van der Waals surface area contributed by atoms with Crippen molar-refractivity contribution in [3.63, 3.8) is 0 Å². The highest BCUT2D eigenvalue weighted by Crippen LogP contribution is 2.13. The molecule has 0 aliphatic carbocycles. The maximum absolute atomic E-state index is 5.59. The third-order valence-electron chi connectivity index (χ3n) is 2.08. The van der Waals surface area contributed by atoms with Gasteiger partial charge in [-0.05, 0) is 42.7 Å². The van der Waals surface area contributed by atoms with Gasteiger partial charge in [0.2, 0.25) is 0 Å². The van der Waals surface area contributed by atoms with Crippen LogP contribution in [0.3, 0.4) is 0 Å². The zero-order valence-corrected chi connectivity index (χ0v) is 10.4. The number of rotatable bonds is 5. The number of ether oxygens (including phenoxy) is 1. The third-order valence-corrected chi connectivity index (χ3v) is 2.08. The fourth-order valence-electron chi connectivity index (χ4n) is 1.24. The molecule has 0 fully saturated rings. The Balaban J connectivity index is 2.64. The third kappa shape index (κ3) is 3.93. The summed E-state index contributed by atoms with van der Waals surface area (Å²) in [5, 5.41) is 3.87. The van der Waals surface area contributed by atoms with Crippen LogP contribution in [0.4, 0.5) is 0 Å². The molecule has 0 N–H and O–H groups in total. The van der Waals surface area contributed by atoms with Crippen molar-refractivity contribution in [1.82, 2.24) is 0 Å². The van der Waals surface area contributed by atoms with Gasteiger partial charge in [0.25, 0.3) is 0 Å². The predicted octanol–water partition coefficient (Wildman–Crippen LogP) is 3.09. The number of nitrogens with zero attached hydrogens (tertiary/aromatic N) is 1. The molecular weight excluding hydrogens is 202 g/mol. The van der Waals surface area contributed by atoms with E-state index in [1.807, 2.05) is 31.2 Å². The molecule has 0 spiro atoms. The Kier molecular flexibility index (Phi) is 4.83. The molecule has 0 aliphatic heterocycles. The average molecular weight is 221 g/mol. The standard InChI is InChI=1S/C13H19NO2/c1-10(2)9-16-13-7-5-12(6-8-13)11(3)14-15-4/h5-8,10H,9H2,1-4H3/b14-11+. The summed E-state index contributed by atoms with van der Waals surface area (Å²) in [6.45, 7) is 6.91. The van der Waals surface area contributed by atoms with Crippen LogP contribution in [0.25, 0.3) is 0 Å². The first kappa shape index (κ1) is 12.6. The van der Waals surface area contributed by atoms with Gasteiger partial charge in [0.05, 0.1) is 12.3 Å². The van der Waals surface area contributed by atoms with Gasteiger partial charge in [-0.25, -0.2) is 0 Å². The zero-order valence-electron chi connectivity index (χ0n) is 10.4. The van der Waals surface area contributed by atoms with Crippen LogP contribution < -0.4 is 4.74 Å². The number of benzene rings is 1. The lowest BCUT2D eigenvalue weighted by molar-refractivity contribution is 0.213. The highest BCUT2D eigenvalue weighted by atomic mass is 16.6. The summed E-state index contributed by atoms with van der Waals surface area (Å²) in [6, 6.07) is 7.86. The zero-order chi connectivity index (χ0) is 12.0. The molecule has 3 nitrogen and oxygen atoms in total. The van der Waals surface area contributed by atoms with E-state index in [9.17, 15) is 0 Å². The lowest BCUT2D eigenvalue weighted by atomic mass is 10.1. The van der Waals surface area contributed by atoms with E-state index in [4.69, 9.17) is 9.57 Å². The van der Waals surface area contributed by atoms with E-state index in [1.165, 1.54) is 0 Å². The number of oxime groups is 1. The first-order valence-electron chi connectivity index (χ1n) is 5.44. The van der Waals surface area contributed by atoms with Gasteiger partial charge in [-0.3, -0.25) is 0 Å². The molecule has 1 aromatic rings. The van der Waals surface area contributed by atoms with Gasteiger partial charge in [-0.1, -0.05) is 19.0 Å². The topological polar surface area (TPSA) is 30.8 Å². The summed E-state index contributed by atoms with van der Waals surface area (Å²) in [4.78, 5) is 4.72. The van der Waals surface area contributed by atoms with E-state index >= 15 is 0 Å². The van der Waals surface area contributed by atoms with E-state index < -0.39 is 0 Å². The van der Waals surface area contributed by atoms with Crippen molar-refractivity contribution in [1.29, 1.82) is 0 Å². The maximum Gasteiger partial charge on any atom is 0.119 e. The van der Waals surface area contributed by atoms with E-state index in [0.717, 1.165) is 23.6 Å². The van der Waals surface area contributed by atoms with Crippen LogP contribution in [0.1, 0.15) is 26.3 Å². The summed E-state index contributed by atoms with van der Waals surface area (Å²) in [6.07, 6.45) is 0. The Morgan fingerprint density at radius 2 is 1.88 bits per heavy atom. The fraction of sp³-hybridized carbons (Fsp3) is 0.462. The van der Waals surface area contributed by atoms with Crippen LogP contribution >= 0.6 is 0 Å². The van der Waals surface area contributed by atoms with E-state index in [2.05, 4.69) is 19.0 Å². The Labute approximate surface area is 97.1 Å². The van der Waals surface area contributed by atoms with E-state index in [1.54, 1.807) is 7.11 Å². The SMILES string of the molecule is CO/N=C(\C)c1ccc(OCC(C)C)cc1. The fourth-order valence-corrected chi connectivity index (χ4v) is 1.24. The van der Waals surface area contributed by atoms with Crippen molar-refractivity contribution in [3.8, 4) is 5.75 Å². The van der Waals surface area contributed by atoms with Crippen LogP contribution in [0, 0.1) is 5.92 Å². The van der Waals surface area contributed by atoms with Gasteiger partial charge in [0.1, 0.15) is 12.9 Å². The smallest absolute Gasteiger partial charge is 0.119 e. The van der Waals surface area contributed by atoms with E-state index in [0.29, 0.717) is 5.92 Å². The van der Waals surface area contributed by atoms with Crippen LogP contribution in [0.5, 0.6) is 5.75 Å². The Bertz CT molecular complexity index is 341. The first-order valence-corrected chi connectivity index (χ1v) is 5.44. The molecule has 0 saturated carbocycles. The quantitative estimate of drug-likeness (QED) is 0.565. The Morgan fingerprint density at radius 3 is 2.38 bits per heavy atom. The highest BCUT2D eigenvalue weighted by Gasteiger charge is 2.00. The Hall–Kier alpha value is -1.51. The van der Waals surface area contributed by atoms with Crippen molar-refractivity contribution >= 4 is 5.71 Å². The van der Waals surface area contributed by atoms with Crippen molar-refractivity contribution in [2.45, 2.75) is 20.8 Å². The van der Waals surface area contributed by atoms with Crippen LogP contribution in [-0.4, -0.2) is 19.4 Å². The van der Waals surface area contributed by atoms with Crippen molar-refractivity contribution in [2.24, 2.45) is 11.1 Å². The molecule has 0 atom stereocenters. The van der Waals surface area contributed by atoms with Gasteiger partial charge < -0.3 is 9.57 Å². The maximum atomic E-state index is 5.59. The summed E-state index contributed by atoms with van der Waals surface area (Å²) < 4.78 is 5.59. The minimum Gasteiger partial charge on any atom is -0.493 e. The minimum atomic E-state index is 0.538. The summed E-state index contributed by atoms with van der Waals surface area (Å²) >= 11 is 0. The largest absolute Gasteiger partial charge is 0.493 e. The molecule has 0 aromatic heterocycles. The second-order valence-electron chi connectivity index (χ2n) is 4.09. The molecule has 16 heavy (non-hydrogen) atoms. The molecule has 0 radical (unpaired) electrons. The van der Waals surface area contributed by atoms with Crippen LogP contribution in [-0.2, 0) is 4.84 Å². The second kappa shape index (κ2) is 6.16. The first-order chi connectivity index (χ1) is 7.63. The lowest BCUT2D eigenvalue weighted by Gasteiger charge is -2.08. The molecule has 0 aliphatic rings. The highest BCUT2D eigenvalue weighted by molar-refractivity contribution is 5.98. The monoisotopic (exact) mass is 221 g/mol. The molecular formula is C13H19NO2. The van der Waals surface area contributed by atoms with Crippen LogP contribution in [0.2, 0.25) is 0 Å². The molecule has 0 amide bonds. The van der Waals surface area contributed by atoms with Gasteiger partial charge in [-0.2, -0.15) is 0 Å². The van der Waals surface area contributed by atoms with Crippen LogP contribution in [0.15, 0.2) is 29.4 Å². The van der Waals surface area contributed by atoms with E-state index in [-0.39, 0.29) is 0 Å². The normalized spacial score (nSPS) is 11.7. The molecule has 3 heteroatoms. The number of hydrogen-bond donors (Lipinski definition) is 0. The second-order valence-corrected chi connectivity index (χ2v) is 4.09. The summed E-state index contributed by atoms with van der Waals surface area (Å²) in [5.74, 6) is 1.43. The average Bonchev–Trinajstić information content (AvgIpc) is 2.27. The Morgan fingerprint density at radius 1 is 1.25 bits per heavy atom. The number of hydrogen-bond acceptors (Lipinski definition) is 3. The molecule has 1 aromatic carbocycles. The molecule has 1 rings (SSSR count). The van der Waals surface area contributed by atoms with Crippen molar-refractivity contribution < 1.29 is 9.57 Å². The van der Waals surface area contributed by atoms with Crippen molar-refractivity contribution in [2.75, 3.05) is 13.7 Å². The molecule has 0 bridgehead atoms. The molecule has 0 saturated heterocycles. The van der Waals surface area contributed by atoms with Gasteiger partial charge in [0.15, 0.2) is 0 Å². The molecule has 88 valence electrons.